The third kappa shape index (κ3) is 4.61. The van der Waals surface area contributed by atoms with Crippen LogP contribution in [0.2, 0.25) is 0 Å². The van der Waals surface area contributed by atoms with Crippen molar-refractivity contribution in [3.63, 3.8) is 0 Å². The average Bonchev–Trinajstić information content (AvgIpc) is 3.49. The van der Waals surface area contributed by atoms with Crippen LogP contribution in [0.3, 0.4) is 0 Å². The van der Waals surface area contributed by atoms with Gasteiger partial charge in [-0.25, -0.2) is 9.97 Å². The topological polar surface area (TPSA) is 74.1 Å². The number of hydrogen-bond donors (Lipinski definition) is 1. The summed E-state index contributed by atoms with van der Waals surface area (Å²) in [6.07, 6.45) is 8.68. The highest BCUT2D eigenvalue weighted by Gasteiger charge is 2.22. The van der Waals surface area contributed by atoms with Crippen LogP contribution < -0.4 is 15.0 Å². The average molecular weight is 412 g/mol. The van der Waals surface area contributed by atoms with Gasteiger partial charge in [0.25, 0.3) is 0 Å². The summed E-state index contributed by atoms with van der Waals surface area (Å²) in [6, 6.07) is 16.0. The molecule has 2 aromatic heterocycles. The highest BCUT2D eigenvalue weighted by Crippen LogP contribution is 2.32. The Morgan fingerprint density at radius 1 is 0.968 bits per heavy atom. The molecule has 1 saturated heterocycles. The Morgan fingerprint density at radius 3 is 2.35 bits per heavy atom. The van der Waals surface area contributed by atoms with E-state index in [9.17, 15) is 5.26 Å². The first-order valence-electron chi connectivity index (χ1n) is 10.9. The fourth-order valence-electron chi connectivity index (χ4n) is 3.81. The van der Waals surface area contributed by atoms with Crippen molar-refractivity contribution in [2.75, 3.05) is 29.9 Å². The molecule has 6 nitrogen and oxygen atoms in total. The lowest BCUT2D eigenvalue weighted by Gasteiger charge is -2.17. The molecule has 1 aliphatic carbocycles. The molecule has 1 aliphatic heterocycles. The second kappa shape index (κ2) is 8.65. The summed E-state index contributed by atoms with van der Waals surface area (Å²) in [7, 11) is 0. The first-order chi connectivity index (χ1) is 15.3. The first-order valence-corrected chi connectivity index (χ1v) is 10.9. The molecular weight excluding hydrogens is 386 g/mol. The molecule has 5 rings (SSSR count). The summed E-state index contributed by atoms with van der Waals surface area (Å²) in [5, 5.41) is 12.8. The molecule has 0 unspecified atom stereocenters. The molecule has 1 N–H and O–H groups in total. The molecule has 31 heavy (non-hydrogen) atoms. The van der Waals surface area contributed by atoms with Crippen molar-refractivity contribution >= 4 is 17.3 Å². The maximum Gasteiger partial charge on any atom is 0.137 e. The molecule has 2 fully saturated rings. The van der Waals surface area contributed by atoms with Gasteiger partial charge in [-0.2, -0.15) is 5.26 Å². The van der Waals surface area contributed by atoms with Gasteiger partial charge >= 0.3 is 0 Å². The zero-order valence-corrected chi connectivity index (χ0v) is 17.4. The Labute approximate surface area is 182 Å². The lowest BCUT2D eigenvalue weighted by molar-refractivity contribution is 0.299. The van der Waals surface area contributed by atoms with E-state index >= 15 is 0 Å². The minimum Gasteiger partial charge on any atom is -0.492 e. The molecule has 0 amide bonds. The van der Waals surface area contributed by atoms with E-state index in [1.807, 2.05) is 48.8 Å². The van der Waals surface area contributed by atoms with Crippen LogP contribution >= 0.6 is 0 Å². The molecule has 1 aromatic carbocycles. The largest absolute Gasteiger partial charge is 0.492 e. The first kappa shape index (κ1) is 19.4. The van der Waals surface area contributed by atoms with Crippen LogP contribution in [-0.2, 0) is 0 Å². The Hall–Kier alpha value is -3.59. The van der Waals surface area contributed by atoms with E-state index in [-0.39, 0.29) is 0 Å². The van der Waals surface area contributed by atoms with Crippen molar-refractivity contribution < 1.29 is 4.74 Å². The van der Waals surface area contributed by atoms with E-state index < -0.39 is 0 Å². The Balaban J connectivity index is 1.25. The number of pyridine rings is 2. The monoisotopic (exact) mass is 411 g/mol. The van der Waals surface area contributed by atoms with E-state index in [1.54, 1.807) is 0 Å². The van der Waals surface area contributed by atoms with Crippen LogP contribution in [0.1, 0.15) is 31.2 Å². The summed E-state index contributed by atoms with van der Waals surface area (Å²) < 4.78 is 5.81. The Bertz CT molecular complexity index is 1080. The van der Waals surface area contributed by atoms with Gasteiger partial charge in [0.2, 0.25) is 0 Å². The third-order valence-electron chi connectivity index (χ3n) is 5.84. The van der Waals surface area contributed by atoms with Crippen LogP contribution in [0, 0.1) is 17.2 Å². The van der Waals surface area contributed by atoms with Gasteiger partial charge in [0, 0.05) is 24.8 Å². The normalized spacial score (nSPS) is 15.5. The number of ether oxygens (including phenoxy) is 1. The summed E-state index contributed by atoms with van der Waals surface area (Å²) >= 11 is 0. The smallest absolute Gasteiger partial charge is 0.137 e. The van der Waals surface area contributed by atoms with Gasteiger partial charge in [0.15, 0.2) is 0 Å². The number of rotatable bonds is 7. The zero-order valence-electron chi connectivity index (χ0n) is 17.4. The molecule has 2 aliphatic rings. The fraction of sp³-hybridized carbons (Fsp3) is 0.320. The van der Waals surface area contributed by atoms with E-state index in [4.69, 9.17) is 4.74 Å². The maximum atomic E-state index is 9.50. The van der Waals surface area contributed by atoms with Crippen molar-refractivity contribution in [2.45, 2.75) is 25.7 Å². The quantitative estimate of drug-likeness (QED) is 0.580. The van der Waals surface area contributed by atoms with Crippen LogP contribution in [0.25, 0.3) is 11.1 Å². The van der Waals surface area contributed by atoms with Crippen LogP contribution in [-0.4, -0.2) is 29.7 Å². The number of aromatic nitrogens is 2. The number of nitrogens with zero attached hydrogens (tertiary/aromatic N) is 4. The molecule has 3 aromatic rings. The molecule has 0 radical (unpaired) electrons. The summed E-state index contributed by atoms with van der Waals surface area (Å²) in [6.45, 7) is 2.92. The molecule has 0 spiro atoms. The highest BCUT2D eigenvalue weighted by atomic mass is 16.5. The fourth-order valence-corrected chi connectivity index (χ4v) is 3.81. The molecule has 0 bridgehead atoms. The lowest BCUT2D eigenvalue weighted by Crippen LogP contribution is -2.17. The standard InChI is InChI=1S/C25H25N5O/c26-14-21-13-19(5-8-23(21)31-17-18-3-4-18)20-6-9-24(27-15-20)29-25-10-7-22(16-28-25)30-11-1-2-12-30/h5-10,13,15-16,18H,1-4,11-12,17H2,(H,27,28,29). The number of benzene rings is 1. The van der Waals surface area contributed by atoms with Crippen molar-refractivity contribution in [1.29, 1.82) is 5.26 Å². The van der Waals surface area contributed by atoms with Crippen molar-refractivity contribution in [2.24, 2.45) is 5.92 Å². The number of nitrogens with one attached hydrogen (secondary N) is 1. The second-order valence-electron chi connectivity index (χ2n) is 8.23. The summed E-state index contributed by atoms with van der Waals surface area (Å²) in [5.41, 5.74) is 3.63. The third-order valence-corrected chi connectivity index (χ3v) is 5.84. The van der Waals surface area contributed by atoms with Crippen LogP contribution in [0.15, 0.2) is 54.9 Å². The minimum absolute atomic E-state index is 0.558. The van der Waals surface area contributed by atoms with Crippen molar-refractivity contribution in [3.05, 3.63) is 60.4 Å². The number of anilines is 3. The molecular formula is C25H25N5O. The predicted molar refractivity (Wildman–Crippen MR) is 122 cm³/mol. The number of nitriles is 1. The highest BCUT2D eigenvalue weighted by molar-refractivity contribution is 5.68. The van der Waals surface area contributed by atoms with E-state index in [1.165, 1.54) is 31.4 Å². The van der Waals surface area contributed by atoms with Gasteiger partial charge in [-0.3, -0.25) is 0 Å². The number of hydrogen-bond acceptors (Lipinski definition) is 6. The van der Waals surface area contributed by atoms with Gasteiger partial charge in [0.05, 0.1) is 24.1 Å². The Morgan fingerprint density at radius 2 is 1.71 bits per heavy atom. The Kier molecular flexibility index (Phi) is 5.40. The van der Waals surface area contributed by atoms with Gasteiger partial charge in [-0.15, -0.1) is 0 Å². The molecule has 3 heterocycles. The maximum absolute atomic E-state index is 9.50. The molecule has 0 atom stereocenters. The second-order valence-corrected chi connectivity index (χ2v) is 8.23. The van der Waals surface area contributed by atoms with Crippen LogP contribution in [0.5, 0.6) is 5.75 Å². The molecule has 156 valence electrons. The molecule has 6 heteroatoms. The predicted octanol–water partition coefficient (Wildman–Crippen LogP) is 5.15. The van der Waals surface area contributed by atoms with Gasteiger partial charge < -0.3 is 15.0 Å². The van der Waals surface area contributed by atoms with Crippen LogP contribution in [0.4, 0.5) is 17.3 Å². The van der Waals surface area contributed by atoms with Gasteiger partial charge in [0.1, 0.15) is 23.5 Å². The zero-order chi connectivity index (χ0) is 21.0. The van der Waals surface area contributed by atoms with Gasteiger partial charge in [-0.1, -0.05) is 6.07 Å². The van der Waals surface area contributed by atoms with E-state index in [0.29, 0.717) is 23.8 Å². The SMILES string of the molecule is N#Cc1cc(-c2ccc(Nc3ccc(N4CCCC4)cn3)nc2)ccc1OCC1CC1. The van der Waals surface area contributed by atoms with Gasteiger partial charge in [-0.05, 0) is 73.6 Å². The van der Waals surface area contributed by atoms with E-state index in [0.717, 1.165) is 35.9 Å². The lowest BCUT2D eigenvalue weighted by atomic mass is 10.0. The van der Waals surface area contributed by atoms with Crippen molar-refractivity contribution in [1.82, 2.24) is 9.97 Å². The van der Waals surface area contributed by atoms with Crippen molar-refractivity contribution in [3.8, 4) is 22.9 Å². The minimum atomic E-state index is 0.558. The summed E-state index contributed by atoms with van der Waals surface area (Å²) in [5.74, 6) is 2.82. The summed E-state index contributed by atoms with van der Waals surface area (Å²) in [4.78, 5) is 11.4. The molecule has 1 saturated carbocycles. The van der Waals surface area contributed by atoms with E-state index in [2.05, 4.69) is 32.3 Å².